The summed E-state index contributed by atoms with van der Waals surface area (Å²) >= 11 is 0. The Morgan fingerprint density at radius 2 is 2.00 bits per heavy atom. The number of H-pyrrole nitrogens is 1. The lowest BCUT2D eigenvalue weighted by molar-refractivity contribution is 0.0931. The predicted molar refractivity (Wildman–Crippen MR) is 93.4 cm³/mol. The number of benzene rings is 1. The number of pyridine rings is 1. The second-order valence-electron chi connectivity index (χ2n) is 7.24. The summed E-state index contributed by atoms with van der Waals surface area (Å²) in [6.45, 7) is 7.36. The van der Waals surface area contributed by atoms with E-state index in [0.29, 0.717) is 11.9 Å². The van der Waals surface area contributed by atoms with Crippen molar-refractivity contribution in [3.8, 4) is 0 Å². The van der Waals surface area contributed by atoms with E-state index in [1.807, 2.05) is 20.8 Å². The fourth-order valence-electron chi connectivity index (χ4n) is 2.47. The zero-order valence-corrected chi connectivity index (χ0v) is 15.2. The Hall–Kier alpha value is -3.10. The average Bonchev–Trinajstić information content (AvgIpc) is 3.06. The van der Waals surface area contributed by atoms with E-state index >= 15 is 0 Å². The van der Waals surface area contributed by atoms with Gasteiger partial charge in [-0.3, -0.25) is 9.59 Å². The largest absolute Gasteiger partial charge is 0.358 e. The maximum atomic E-state index is 13.8. The molecule has 142 valence electrons. The van der Waals surface area contributed by atoms with Crippen molar-refractivity contribution in [1.29, 1.82) is 0 Å². The van der Waals surface area contributed by atoms with Crippen molar-refractivity contribution in [2.75, 3.05) is 0 Å². The molecule has 0 aliphatic carbocycles. The summed E-state index contributed by atoms with van der Waals surface area (Å²) in [6, 6.07) is 0.869. The van der Waals surface area contributed by atoms with Crippen LogP contribution in [0, 0.1) is 11.6 Å². The van der Waals surface area contributed by atoms with Gasteiger partial charge in [0.1, 0.15) is 23.2 Å². The van der Waals surface area contributed by atoms with Crippen molar-refractivity contribution in [3.63, 3.8) is 0 Å². The quantitative estimate of drug-likeness (QED) is 0.732. The Balaban J connectivity index is 1.89. The Kier molecular flexibility index (Phi) is 4.54. The highest BCUT2D eigenvalue weighted by Gasteiger charge is 2.25. The van der Waals surface area contributed by atoms with Gasteiger partial charge >= 0.3 is 0 Å². The molecule has 0 radical (unpaired) electrons. The molecule has 9 heteroatoms. The predicted octanol–water partition coefficient (Wildman–Crippen LogP) is 2.98. The number of hydrogen-bond acceptors (Lipinski definition) is 5. The highest BCUT2D eigenvalue weighted by molar-refractivity contribution is 5.97. The number of aromatic nitrogens is 3. The maximum Gasteiger partial charge on any atom is 0.257 e. The fourth-order valence-corrected chi connectivity index (χ4v) is 2.47. The molecule has 2 N–H and O–H groups in total. The number of amides is 1. The van der Waals surface area contributed by atoms with Gasteiger partial charge in [-0.05, 0) is 13.0 Å². The topological polar surface area (TPSA) is 101 Å². The average molecular weight is 376 g/mol. The van der Waals surface area contributed by atoms with Gasteiger partial charge < -0.3 is 14.8 Å². The van der Waals surface area contributed by atoms with Crippen molar-refractivity contribution < 1.29 is 18.1 Å². The van der Waals surface area contributed by atoms with Gasteiger partial charge in [0.25, 0.3) is 5.91 Å². The molecular weight excluding hydrogens is 358 g/mol. The van der Waals surface area contributed by atoms with Crippen LogP contribution in [0.25, 0.3) is 10.9 Å². The number of fused-ring (bicyclic) bond motifs is 1. The van der Waals surface area contributed by atoms with Crippen LogP contribution in [0.1, 0.15) is 55.8 Å². The summed E-state index contributed by atoms with van der Waals surface area (Å²) in [5.74, 6) is -1.89. The summed E-state index contributed by atoms with van der Waals surface area (Å²) in [7, 11) is 0. The monoisotopic (exact) mass is 376 g/mol. The summed E-state index contributed by atoms with van der Waals surface area (Å²) in [5.41, 5.74) is -1.56. The van der Waals surface area contributed by atoms with Crippen LogP contribution in [-0.4, -0.2) is 21.0 Å². The van der Waals surface area contributed by atoms with E-state index in [-0.39, 0.29) is 27.8 Å². The number of carbonyl (C=O) groups excluding carboxylic acids is 1. The van der Waals surface area contributed by atoms with Crippen LogP contribution in [0.5, 0.6) is 0 Å². The van der Waals surface area contributed by atoms with Crippen molar-refractivity contribution in [3.05, 3.63) is 57.5 Å². The van der Waals surface area contributed by atoms with Crippen LogP contribution < -0.4 is 10.7 Å². The van der Waals surface area contributed by atoms with E-state index in [2.05, 4.69) is 20.4 Å². The molecule has 2 heterocycles. The van der Waals surface area contributed by atoms with E-state index in [0.717, 1.165) is 12.3 Å². The molecule has 0 saturated heterocycles. The minimum Gasteiger partial charge on any atom is -0.358 e. The lowest BCUT2D eigenvalue weighted by atomic mass is 9.96. The highest BCUT2D eigenvalue weighted by Crippen LogP contribution is 2.21. The molecule has 3 rings (SSSR count). The van der Waals surface area contributed by atoms with Crippen LogP contribution in [0.4, 0.5) is 8.78 Å². The van der Waals surface area contributed by atoms with Crippen molar-refractivity contribution in [2.24, 2.45) is 0 Å². The molecule has 0 saturated carbocycles. The third-order valence-electron chi connectivity index (χ3n) is 3.98. The molecule has 27 heavy (non-hydrogen) atoms. The number of nitrogens with one attached hydrogen (secondary N) is 2. The van der Waals surface area contributed by atoms with Gasteiger partial charge in [-0.2, -0.15) is 4.98 Å². The Bertz CT molecular complexity index is 1080. The van der Waals surface area contributed by atoms with Crippen molar-refractivity contribution in [1.82, 2.24) is 20.4 Å². The lowest BCUT2D eigenvalue weighted by Gasteiger charge is -2.12. The molecule has 1 atom stereocenters. The standard InChI is InChI=1S/C18H18F2N4O3/c1-8(16-23-17(24-27-16)18(2,3)4)22-15(26)11-7-21-13-10(14(11)25)5-9(19)6-12(13)20/h5-8H,1-4H3,(H,21,25)(H,22,26)/t8-/m1/s1. The third kappa shape index (κ3) is 3.57. The molecule has 1 amide bonds. The van der Waals surface area contributed by atoms with Crippen LogP contribution >= 0.6 is 0 Å². The number of halogens is 2. The molecule has 0 unspecified atom stereocenters. The Morgan fingerprint density at radius 1 is 1.30 bits per heavy atom. The molecule has 0 aliphatic rings. The van der Waals surface area contributed by atoms with E-state index in [9.17, 15) is 18.4 Å². The Morgan fingerprint density at radius 3 is 2.63 bits per heavy atom. The zero-order valence-electron chi connectivity index (χ0n) is 15.2. The highest BCUT2D eigenvalue weighted by atomic mass is 19.1. The first-order chi connectivity index (χ1) is 12.6. The van der Waals surface area contributed by atoms with Crippen LogP contribution in [-0.2, 0) is 5.41 Å². The van der Waals surface area contributed by atoms with Gasteiger partial charge in [0.05, 0.1) is 10.9 Å². The van der Waals surface area contributed by atoms with E-state index in [1.165, 1.54) is 0 Å². The minimum absolute atomic E-state index is 0.169. The van der Waals surface area contributed by atoms with Crippen molar-refractivity contribution in [2.45, 2.75) is 39.2 Å². The lowest BCUT2D eigenvalue weighted by Crippen LogP contribution is -2.31. The van der Waals surface area contributed by atoms with Gasteiger partial charge in [-0.1, -0.05) is 25.9 Å². The smallest absolute Gasteiger partial charge is 0.257 e. The van der Waals surface area contributed by atoms with E-state index in [4.69, 9.17) is 4.52 Å². The number of hydrogen-bond donors (Lipinski definition) is 2. The number of carbonyl (C=O) groups is 1. The molecule has 0 bridgehead atoms. The fraction of sp³-hybridized carbons (Fsp3) is 0.333. The summed E-state index contributed by atoms with van der Waals surface area (Å²) in [6.07, 6.45) is 1.09. The van der Waals surface area contributed by atoms with Gasteiger partial charge in [-0.15, -0.1) is 0 Å². The van der Waals surface area contributed by atoms with Crippen LogP contribution in [0.3, 0.4) is 0 Å². The van der Waals surface area contributed by atoms with Gasteiger partial charge in [-0.25, -0.2) is 8.78 Å². The normalized spacial score (nSPS) is 13.0. The molecule has 2 aromatic heterocycles. The first-order valence-corrected chi connectivity index (χ1v) is 8.23. The van der Waals surface area contributed by atoms with Gasteiger partial charge in [0, 0.05) is 17.7 Å². The zero-order chi connectivity index (χ0) is 19.9. The number of nitrogens with zero attached hydrogens (tertiary/aromatic N) is 2. The SMILES string of the molecule is C[C@@H](NC(=O)c1c[nH]c2c(F)cc(F)cc2c1=O)c1nc(C(C)(C)C)no1. The molecule has 0 fully saturated rings. The second kappa shape index (κ2) is 6.57. The third-order valence-corrected chi connectivity index (χ3v) is 3.98. The summed E-state index contributed by atoms with van der Waals surface area (Å²) < 4.78 is 32.3. The maximum absolute atomic E-state index is 13.8. The molecule has 1 aromatic carbocycles. The van der Waals surface area contributed by atoms with Crippen LogP contribution in [0.15, 0.2) is 27.6 Å². The first kappa shape index (κ1) is 18.7. The minimum atomic E-state index is -0.914. The van der Waals surface area contributed by atoms with E-state index < -0.39 is 29.0 Å². The summed E-state index contributed by atoms with van der Waals surface area (Å²) in [4.78, 5) is 31.7. The summed E-state index contributed by atoms with van der Waals surface area (Å²) in [5, 5.41) is 6.20. The first-order valence-electron chi connectivity index (χ1n) is 8.23. The van der Waals surface area contributed by atoms with Crippen molar-refractivity contribution >= 4 is 16.8 Å². The molecule has 0 spiro atoms. The number of rotatable bonds is 3. The molecular formula is C18H18F2N4O3. The second-order valence-corrected chi connectivity index (χ2v) is 7.24. The van der Waals surface area contributed by atoms with E-state index in [1.54, 1.807) is 6.92 Å². The molecule has 3 aromatic rings. The molecule has 0 aliphatic heterocycles. The Labute approximate surface area is 152 Å². The van der Waals surface area contributed by atoms with Crippen LogP contribution in [0.2, 0.25) is 0 Å². The number of aromatic amines is 1. The van der Waals surface area contributed by atoms with Gasteiger partial charge in [0.2, 0.25) is 11.3 Å². The van der Waals surface area contributed by atoms with Gasteiger partial charge in [0.15, 0.2) is 5.82 Å². The molecule has 7 nitrogen and oxygen atoms in total.